The highest BCUT2D eigenvalue weighted by Gasteiger charge is 2.31. The first kappa shape index (κ1) is 35.3. The van der Waals surface area contributed by atoms with Crippen molar-refractivity contribution >= 4 is 36.6 Å². The number of carbonyl (C=O) groups is 2. The van der Waals surface area contributed by atoms with Gasteiger partial charge in [-0.05, 0) is 113 Å². The Labute approximate surface area is 282 Å². The molecule has 2 fully saturated rings. The molecule has 0 aliphatic carbocycles. The molecular weight excluding hydrogens is 605 g/mol. The van der Waals surface area contributed by atoms with Crippen molar-refractivity contribution < 1.29 is 18.8 Å². The number of carbonyl (C=O) groups excluding carboxylic acids is 2. The lowest BCUT2D eigenvalue weighted by atomic mass is 9.85. The van der Waals surface area contributed by atoms with Crippen LogP contribution >= 0.6 is 0 Å². The van der Waals surface area contributed by atoms with Crippen LogP contribution in [0.2, 0.25) is 19.6 Å². The predicted molar refractivity (Wildman–Crippen MR) is 194 cm³/mol. The highest BCUT2D eigenvalue weighted by molar-refractivity contribution is 6.69. The van der Waals surface area contributed by atoms with Crippen LogP contribution in [0.3, 0.4) is 0 Å². The number of methoxy groups -OCH3 is 1. The fraction of sp³-hybridized carbons (Fsp3) is 0.579. The zero-order valence-electron chi connectivity index (χ0n) is 30.2. The van der Waals surface area contributed by atoms with Gasteiger partial charge in [0.25, 0.3) is 5.91 Å². The maximum Gasteiger partial charge on any atom is 0.272 e. The third-order valence-corrected chi connectivity index (χ3v) is 11.0. The first-order valence-corrected chi connectivity index (χ1v) is 20.7. The minimum atomic E-state index is -1.77. The molecular formula is C38H56N4O4Si. The number of ether oxygens (including phenoxy) is 1. The lowest BCUT2D eigenvalue weighted by Crippen LogP contribution is -2.37. The standard InChI is InChI=1S/C38H56N4O4Si/c1-38(2,3)30-21-29(25-46-47(7,8)9)36(45-6)31(23-30)39-37(44)33-22-27-12-10-13-28(35(27)41(33)5)24-42-18-15-26(16-19-42)20-34(43)32-14-11-17-40(32)4/h10,12-13,21-23,26,32H,11,14-20,24-25H2,1-9H3,(H,39,44). The van der Waals surface area contributed by atoms with Crippen molar-refractivity contribution in [3.63, 3.8) is 0 Å². The van der Waals surface area contributed by atoms with Crippen LogP contribution in [-0.4, -0.2) is 74.2 Å². The summed E-state index contributed by atoms with van der Waals surface area (Å²) in [5, 5.41) is 4.26. The van der Waals surface area contributed by atoms with E-state index in [1.54, 1.807) is 7.11 Å². The summed E-state index contributed by atoms with van der Waals surface area (Å²) < 4.78 is 14.2. The Kier molecular flexibility index (Phi) is 10.7. The number of fused-ring (bicyclic) bond motifs is 1. The Morgan fingerprint density at radius 2 is 1.70 bits per heavy atom. The molecule has 1 N–H and O–H groups in total. The molecule has 0 radical (unpaired) electrons. The van der Waals surface area contributed by atoms with Crippen LogP contribution in [-0.2, 0) is 34.8 Å². The molecule has 1 aromatic heterocycles. The van der Waals surface area contributed by atoms with Crippen LogP contribution in [0.25, 0.3) is 10.9 Å². The van der Waals surface area contributed by atoms with Gasteiger partial charge in [-0.3, -0.25) is 19.4 Å². The van der Waals surface area contributed by atoms with Gasteiger partial charge in [0.05, 0.1) is 31.0 Å². The number of anilines is 1. The maximum absolute atomic E-state index is 14.0. The number of aromatic nitrogens is 1. The minimum absolute atomic E-state index is 0.120. The Morgan fingerprint density at radius 1 is 0.979 bits per heavy atom. The summed E-state index contributed by atoms with van der Waals surface area (Å²) in [6.07, 6.45) is 4.97. The number of Topliss-reactive ketones (excluding diaryl/α,β-unsaturated/α-hetero) is 1. The number of hydrogen-bond acceptors (Lipinski definition) is 6. The zero-order chi connectivity index (χ0) is 34.1. The lowest BCUT2D eigenvalue weighted by molar-refractivity contribution is -0.124. The summed E-state index contributed by atoms with van der Waals surface area (Å²) in [4.78, 5) is 31.6. The number of piperidine rings is 1. The van der Waals surface area contributed by atoms with Gasteiger partial charge >= 0.3 is 0 Å². The van der Waals surface area contributed by atoms with Crippen molar-refractivity contribution in [2.75, 3.05) is 39.1 Å². The third-order valence-electron chi connectivity index (χ3n) is 10.0. The molecule has 1 atom stereocenters. The number of nitrogens with one attached hydrogen (secondary N) is 1. The van der Waals surface area contributed by atoms with E-state index in [2.05, 4.69) is 86.8 Å². The molecule has 2 aliphatic rings. The Balaban J connectivity index is 1.32. The fourth-order valence-corrected chi connectivity index (χ4v) is 7.81. The maximum atomic E-state index is 14.0. The van der Waals surface area contributed by atoms with Gasteiger partial charge in [-0.1, -0.05) is 39.0 Å². The average molecular weight is 661 g/mol. The van der Waals surface area contributed by atoms with E-state index in [1.165, 1.54) is 5.56 Å². The second-order valence-electron chi connectivity index (χ2n) is 15.8. The first-order chi connectivity index (χ1) is 22.1. The monoisotopic (exact) mass is 660 g/mol. The van der Waals surface area contributed by atoms with Crippen molar-refractivity contribution in [1.29, 1.82) is 0 Å². The highest BCUT2D eigenvalue weighted by Crippen LogP contribution is 2.37. The number of aryl methyl sites for hydroxylation is 1. The molecule has 0 saturated carbocycles. The summed E-state index contributed by atoms with van der Waals surface area (Å²) in [5.41, 5.74) is 5.49. The molecule has 1 unspecified atom stereocenters. The van der Waals surface area contributed by atoms with Gasteiger partial charge in [0.15, 0.2) is 8.32 Å². The van der Waals surface area contributed by atoms with Crippen LogP contribution in [0.1, 0.15) is 80.1 Å². The van der Waals surface area contributed by atoms with E-state index < -0.39 is 8.32 Å². The number of amides is 1. The van der Waals surface area contributed by atoms with E-state index >= 15 is 0 Å². The van der Waals surface area contributed by atoms with Gasteiger partial charge in [-0.25, -0.2) is 0 Å². The predicted octanol–water partition coefficient (Wildman–Crippen LogP) is 7.35. The topological polar surface area (TPSA) is 76.0 Å². The van der Waals surface area contributed by atoms with E-state index in [1.807, 2.05) is 23.7 Å². The number of hydrogen-bond donors (Lipinski definition) is 1. The fourth-order valence-electron chi connectivity index (χ4n) is 7.22. The van der Waals surface area contributed by atoms with Gasteiger partial charge in [-0.2, -0.15) is 0 Å². The van der Waals surface area contributed by atoms with E-state index in [0.29, 0.717) is 41.9 Å². The number of benzene rings is 2. The number of nitrogens with zero attached hydrogens (tertiary/aromatic N) is 3. The molecule has 5 rings (SSSR count). The summed E-state index contributed by atoms with van der Waals surface area (Å²) in [7, 11) is 3.94. The lowest BCUT2D eigenvalue weighted by Gasteiger charge is -2.32. The number of rotatable bonds is 11. The van der Waals surface area contributed by atoms with E-state index in [0.717, 1.165) is 73.9 Å². The van der Waals surface area contributed by atoms with Crippen molar-refractivity contribution in [3.8, 4) is 5.75 Å². The molecule has 3 heterocycles. The third kappa shape index (κ3) is 8.36. The largest absolute Gasteiger partial charge is 0.494 e. The van der Waals surface area contributed by atoms with Gasteiger partial charge in [0.1, 0.15) is 17.2 Å². The smallest absolute Gasteiger partial charge is 0.272 e. The van der Waals surface area contributed by atoms with Gasteiger partial charge in [-0.15, -0.1) is 0 Å². The Bertz CT molecular complexity index is 1590. The van der Waals surface area contributed by atoms with Crippen molar-refractivity contribution in [2.45, 2.75) is 97.1 Å². The molecule has 3 aromatic rings. The molecule has 0 spiro atoms. The Morgan fingerprint density at radius 3 is 2.32 bits per heavy atom. The molecule has 2 aromatic carbocycles. The van der Waals surface area contributed by atoms with Crippen molar-refractivity contribution in [2.24, 2.45) is 13.0 Å². The molecule has 2 saturated heterocycles. The average Bonchev–Trinajstić information content (AvgIpc) is 3.59. The van der Waals surface area contributed by atoms with E-state index in [-0.39, 0.29) is 17.4 Å². The summed E-state index contributed by atoms with van der Waals surface area (Å²) in [6, 6.07) is 12.6. The highest BCUT2D eigenvalue weighted by atomic mass is 28.4. The van der Waals surface area contributed by atoms with Crippen LogP contribution in [0.15, 0.2) is 36.4 Å². The van der Waals surface area contributed by atoms with Crippen molar-refractivity contribution in [3.05, 3.63) is 58.8 Å². The zero-order valence-corrected chi connectivity index (χ0v) is 31.2. The molecule has 1 amide bonds. The summed E-state index contributed by atoms with van der Waals surface area (Å²) >= 11 is 0. The van der Waals surface area contributed by atoms with Crippen LogP contribution < -0.4 is 10.1 Å². The first-order valence-electron chi connectivity index (χ1n) is 17.3. The van der Waals surface area contributed by atoms with Crippen LogP contribution in [0.5, 0.6) is 5.75 Å². The van der Waals surface area contributed by atoms with E-state index in [9.17, 15) is 9.59 Å². The van der Waals surface area contributed by atoms with E-state index in [4.69, 9.17) is 9.16 Å². The molecule has 0 bridgehead atoms. The molecule has 2 aliphatic heterocycles. The summed E-state index contributed by atoms with van der Waals surface area (Å²) in [6.45, 7) is 17.3. The molecule has 9 heteroatoms. The van der Waals surface area contributed by atoms with Gasteiger partial charge < -0.3 is 19.0 Å². The van der Waals surface area contributed by atoms with Crippen LogP contribution in [0, 0.1) is 5.92 Å². The number of likely N-dealkylation sites (tertiary alicyclic amines) is 2. The number of ketones is 1. The quantitative estimate of drug-likeness (QED) is 0.217. The minimum Gasteiger partial charge on any atom is -0.494 e. The second-order valence-corrected chi connectivity index (χ2v) is 20.3. The number of likely N-dealkylation sites (N-methyl/N-ethyl adjacent to an activating group) is 1. The molecule has 256 valence electrons. The van der Waals surface area contributed by atoms with Gasteiger partial charge in [0.2, 0.25) is 0 Å². The number of para-hydroxylation sites is 1. The molecule has 8 nitrogen and oxygen atoms in total. The Hall–Kier alpha value is -2.98. The van der Waals surface area contributed by atoms with Gasteiger partial charge in [0, 0.05) is 31.0 Å². The summed E-state index contributed by atoms with van der Waals surface area (Å²) in [5.74, 6) is 1.38. The van der Waals surface area contributed by atoms with Crippen molar-refractivity contribution in [1.82, 2.24) is 14.4 Å². The molecule has 47 heavy (non-hydrogen) atoms. The normalized spacial score (nSPS) is 18.6. The van der Waals surface area contributed by atoms with Crippen LogP contribution in [0.4, 0.5) is 5.69 Å². The second kappa shape index (κ2) is 14.2. The SMILES string of the molecule is COc1c(CO[Si](C)(C)C)cc(C(C)(C)C)cc1NC(=O)c1cc2cccc(CN3CCC(CC(=O)C4CCCN4C)CC3)c2n1C.